The molecule has 1 aromatic carbocycles. The SMILES string of the molecule is CCN(CC)C(=O)Nc1ccc(NC(C)=O)cc1C(F)(F)F. The summed E-state index contributed by atoms with van der Waals surface area (Å²) in [6.07, 6.45) is -4.65. The van der Waals surface area contributed by atoms with E-state index in [0.29, 0.717) is 13.1 Å². The molecule has 1 rings (SSSR count). The molecule has 0 fully saturated rings. The fourth-order valence-electron chi connectivity index (χ4n) is 1.87. The number of rotatable bonds is 4. The summed E-state index contributed by atoms with van der Waals surface area (Å²) in [4.78, 5) is 24.2. The fraction of sp³-hybridized carbons (Fsp3) is 0.429. The largest absolute Gasteiger partial charge is 0.418 e. The number of carbonyl (C=O) groups excluding carboxylic acids is 2. The van der Waals surface area contributed by atoms with Gasteiger partial charge >= 0.3 is 12.2 Å². The Bertz CT molecular complexity index is 555. The van der Waals surface area contributed by atoms with Crippen LogP contribution in [0.2, 0.25) is 0 Å². The van der Waals surface area contributed by atoms with E-state index in [-0.39, 0.29) is 11.4 Å². The zero-order chi connectivity index (χ0) is 16.9. The van der Waals surface area contributed by atoms with E-state index in [1.54, 1.807) is 13.8 Å². The molecule has 122 valence electrons. The van der Waals surface area contributed by atoms with E-state index >= 15 is 0 Å². The summed E-state index contributed by atoms with van der Waals surface area (Å²) in [6.45, 7) is 5.42. The Kier molecular flexibility index (Phi) is 5.78. The lowest BCUT2D eigenvalue weighted by Crippen LogP contribution is -2.35. The minimum atomic E-state index is -4.65. The van der Waals surface area contributed by atoms with Gasteiger partial charge in [-0.2, -0.15) is 13.2 Å². The average Bonchev–Trinajstić information content (AvgIpc) is 2.40. The van der Waals surface area contributed by atoms with Crippen molar-refractivity contribution in [3.63, 3.8) is 0 Å². The summed E-state index contributed by atoms with van der Waals surface area (Å²) in [5.74, 6) is -0.479. The van der Waals surface area contributed by atoms with Gasteiger partial charge in [-0.05, 0) is 32.0 Å². The van der Waals surface area contributed by atoms with Gasteiger partial charge in [-0.15, -0.1) is 0 Å². The van der Waals surface area contributed by atoms with Crippen molar-refractivity contribution >= 4 is 23.3 Å². The molecule has 0 aliphatic carbocycles. The van der Waals surface area contributed by atoms with Crippen molar-refractivity contribution in [2.75, 3.05) is 23.7 Å². The lowest BCUT2D eigenvalue weighted by atomic mass is 10.1. The van der Waals surface area contributed by atoms with E-state index in [9.17, 15) is 22.8 Å². The molecule has 0 saturated heterocycles. The van der Waals surface area contributed by atoms with Gasteiger partial charge in [-0.3, -0.25) is 4.79 Å². The Morgan fingerprint density at radius 3 is 2.18 bits per heavy atom. The summed E-state index contributed by atoms with van der Waals surface area (Å²) in [7, 11) is 0. The number of amides is 3. The first-order valence-corrected chi connectivity index (χ1v) is 6.73. The van der Waals surface area contributed by atoms with Crippen LogP contribution < -0.4 is 10.6 Å². The molecular weight excluding hydrogens is 299 g/mol. The normalized spacial score (nSPS) is 11.0. The first-order chi connectivity index (χ1) is 10.2. The van der Waals surface area contributed by atoms with Gasteiger partial charge in [-0.25, -0.2) is 4.79 Å². The van der Waals surface area contributed by atoms with Gasteiger partial charge in [0.05, 0.1) is 11.3 Å². The zero-order valence-electron chi connectivity index (χ0n) is 12.5. The maximum Gasteiger partial charge on any atom is 0.418 e. The highest BCUT2D eigenvalue weighted by atomic mass is 19.4. The predicted octanol–water partition coefficient (Wildman–Crippen LogP) is 3.54. The van der Waals surface area contributed by atoms with Crippen molar-refractivity contribution in [1.29, 1.82) is 0 Å². The molecular formula is C14H18F3N3O2. The molecule has 5 nitrogen and oxygen atoms in total. The summed E-state index contributed by atoms with van der Waals surface area (Å²) in [5.41, 5.74) is -1.35. The molecule has 0 heterocycles. The van der Waals surface area contributed by atoms with Crippen molar-refractivity contribution in [2.45, 2.75) is 26.9 Å². The van der Waals surface area contributed by atoms with Crippen LogP contribution in [0, 0.1) is 0 Å². The van der Waals surface area contributed by atoms with Gasteiger partial charge in [-0.1, -0.05) is 0 Å². The van der Waals surface area contributed by atoms with Crippen LogP contribution in [0.4, 0.5) is 29.3 Å². The maximum absolute atomic E-state index is 13.1. The second-order valence-corrected chi connectivity index (χ2v) is 4.54. The molecule has 0 spiro atoms. The third kappa shape index (κ3) is 4.64. The predicted molar refractivity (Wildman–Crippen MR) is 77.7 cm³/mol. The fourth-order valence-corrected chi connectivity index (χ4v) is 1.87. The Morgan fingerprint density at radius 1 is 1.14 bits per heavy atom. The number of hydrogen-bond acceptors (Lipinski definition) is 2. The summed E-state index contributed by atoms with van der Waals surface area (Å²) < 4.78 is 39.3. The van der Waals surface area contributed by atoms with Gasteiger partial charge in [0.15, 0.2) is 0 Å². The first kappa shape index (κ1) is 17.8. The van der Waals surface area contributed by atoms with E-state index in [0.717, 1.165) is 12.1 Å². The number of carbonyl (C=O) groups is 2. The van der Waals surface area contributed by atoms with Gasteiger partial charge in [0.2, 0.25) is 5.91 Å². The number of urea groups is 1. The number of benzene rings is 1. The van der Waals surface area contributed by atoms with Gasteiger partial charge in [0.1, 0.15) is 0 Å². The summed E-state index contributed by atoms with van der Waals surface area (Å²) in [5, 5.41) is 4.53. The minimum absolute atomic E-state index is 0.0145. The lowest BCUT2D eigenvalue weighted by Gasteiger charge is -2.21. The van der Waals surface area contributed by atoms with E-state index < -0.39 is 23.7 Å². The number of anilines is 2. The van der Waals surface area contributed by atoms with Crippen molar-refractivity contribution in [1.82, 2.24) is 4.90 Å². The highest BCUT2D eigenvalue weighted by Gasteiger charge is 2.34. The van der Waals surface area contributed by atoms with E-state index in [2.05, 4.69) is 10.6 Å². The Hall–Kier alpha value is -2.25. The number of hydrogen-bond donors (Lipinski definition) is 2. The van der Waals surface area contributed by atoms with Crippen molar-refractivity contribution in [3.05, 3.63) is 23.8 Å². The van der Waals surface area contributed by atoms with Gasteiger partial charge in [0, 0.05) is 25.7 Å². The standard InChI is InChI=1S/C14H18F3N3O2/c1-4-20(5-2)13(22)19-12-7-6-10(18-9(3)21)8-11(12)14(15,16)17/h6-8H,4-5H2,1-3H3,(H,18,21)(H,19,22). The second-order valence-electron chi connectivity index (χ2n) is 4.54. The highest BCUT2D eigenvalue weighted by molar-refractivity contribution is 5.92. The number of nitrogens with zero attached hydrogens (tertiary/aromatic N) is 1. The smallest absolute Gasteiger partial charge is 0.326 e. The van der Waals surface area contributed by atoms with Crippen LogP contribution in [-0.2, 0) is 11.0 Å². The molecule has 8 heteroatoms. The molecule has 0 bridgehead atoms. The van der Waals surface area contributed by atoms with Crippen LogP contribution in [0.3, 0.4) is 0 Å². The summed E-state index contributed by atoms with van der Waals surface area (Å²) >= 11 is 0. The molecule has 0 saturated carbocycles. The average molecular weight is 317 g/mol. The van der Waals surface area contributed by atoms with Crippen LogP contribution in [0.15, 0.2) is 18.2 Å². The van der Waals surface area contributed by atoms with Crippen LogP contribution in [0.25, 0.3) is 0 Å². The monoisotopic (exact) mass is 317 g/mol. The molecule has 0 unspecified atom stereocenters. The van der Waals surface area contributed by atoms with Crippen molar-refractivity contribution in [3.8, 4) is 0 Å². The van der Waals surface area contributed by atoms with E-state index in [4.69, 9.17) is 0 Å². The second kappa shape index (κ2) is 7.15. The number of halogens is 3. The number of nitrogens with one attached hydrogen (secondary N) is 2. The molecule has 0 aliphatic rings. The first-order valence-electron chi connectivity index (χ1n) is 6.73. The molecule has 0 atom stereocenters. The third-order valence-electron chi connectivity index (χ3n) is 2.94. The molecule has 2 N–H and O–H groups in total. The molecule has 1 aromatic rings. The molecule has 0 aromatic heterocycles. The van der Waals surface area contributed by atoms with Crippen molar-refractivity contribution < 1.29 is 22.8 Å². The van der Waals surface area contributed by atoms with Crippen LogP contribution in [0.1, 0.15) is 26.3 Å². The number of alkyl halides is 3. The topological polar surface area (TPSA) is 61.4 Å². The van der Waals surface area contributed by atoms with Gasteiger partial charge < -0.3 is 15.5 Å². The third-order valence-corrected chi connectivity index (χ3v) is 2.94. The summed E-state index contributed by atoms with van der Waals surface area (Å²) in [6, 6.07) is 2.60. The Balaban J connectivity index is 3.13. The van der Waals surface area contributed by atoms with E-state index in [1.165, 1.54) is 17.9 Å². The van der Waals surface area contributed by atoms with Crippen molar-refractivity contribution in [2.24, 2.45) is 0 Å². The van der Waals surface area contributed by atoms with Gasteiger partial charge in [0.25, 0.3) is 0 Å². The van der Waals surface area contributed by atoms with Crippen LogP contribution >= 0.6 is 0 Å². The molecule has 3 amide bonds. The van der Waals surface area contributed by atoms with Crippen LogP contribution in [0.5, 0.6) is 0 Å². The van der Waals surface area contributed by atoms with E-state index in [1.807, 2.05) is 0 Å². The zero-order valence-corrected chi connectivity index (χ0v) is 12.5. The Morgan fingerprint density at radius 2 is 1.73 bits per heavy atom. The molecule has 0 radical (unpaired) electrons. The minimum Gasteiger partial charge on any atom is -0.326 e. The Labute approximate surface area is 126 Å². The molecule has 22 heavy (non-hydrogen) atoms. The molecule has 0 aliphatic heterocycles. The van der Waals surface area contributed by atoms with Crippen LogP contribution in [-0.4, -0.2) is 29.9 Å². The quantitative estimate of drug-likeness (QED) is 0.892. The lowest BCUT2D eigenvalue weighted by molar-refractivity contribution is -0.137. The maximum atomic E-state index is 13.1. The highest BCUT2D eigenvalue weighted by Crippen LogP contribution is 2.36.